The van der Waals surface area contributed by atoms with E-state index in [1.54, 1.807) is 12.4 Å². The van der Waals surface area contributed by atoms with E-state index in [-0.39, 0.29) is 0 Å². The minimum atomic E-state index is 0.312. The van der Waals surface area contributed by atoms with Gasteiger partial charge >= 0.3 is 0 Å². The van der Waals surface area contributed by atoms with E-state index < -0.39 is 0 Å². The van der Waals surface area contributed by atoms with Crippen LogP contribution in [0.2, 0.25) is 0 Å². The fourth-order valence-electron chi connectivity index (χ4n) is 1.50. The number of carbonyl (C=O) groups is 1. The maximum Gasteiger partial charge on any atom is 0.139 e. The van der Waals surface area contributed by atoms with Gasteiger partial charge in [0.25, 0.3) is 0 Å². The lowest BCUT2D eigenvalue weighted by Crippen LogP contribution is -2.01. The van der Waals surface area contributed by atoms with Gasteiger partial charge in [0.2, 0.25) is 0 Å². The summed E-state index contributed by atoms with van der Waals surface area (Å²) in [5.74, 6) is 1.61. The summed E-state index contributed by atoms with van der Waals surface area (Å²) >= 11 is 0. The number of anilines is 1. The molecule has 0 bridgehead atoms. The van der Waals surface area contributed by atoms with E-state index in [2.05, 4.69) is 10.3 Å². The van der Waals surface area contributed by atoms with Gasteiger partial charge in [0, 0.05) is 24.5 Å². The summed E-state index contributed by atoms with van der Waals surface area (Å²) in [6, 6.07) is 7.47. The van der Waals surface area contributed by atoms with Gasteiger partial charge in [-0.2, -0.15) is 0 Å². The molecule has 0 aromatic heterocycles. The number of aldehydes is 1. The highest BCUT2D eigenvalue weighted by molar-refractivity contribution is 5.73. The molecular formula is C14H14N2O2. The molecule has 92 valence electrons. The van der Waals surface area contributed by atoms with Crippen LogP contribution in [-0.2, 0) is 4.79 Å². The first-order chi connectivity index (χ1) is 8.88. The van der Waals surface area contributed by atoms with Gasteiger partial charge in [-0.15, -0.1) is 0 Å². The predicted octanol–water partition coefficient (Wildman–Crippen LogP) is 2.55. The van der Waals surface area contributed by atoms with Crippen molar-refractivity contribution in [1.82, 2.24) is 0 Å². The van der Waals surface area contributed by atoms with Crippen molar-refractivity contribution < 1.29 is 9.53 Å². The molecule has 1 heterocycles. The Morgan fingerprint density at radius 2 is 2.17 bits per heavy atom. The van der Waals surface area contributed by atoms with E-state index in [0.29, 0.717) is 6.54 Å². The van der Waals surface area contributed by atoms with E-state index in [4.69, 9.17) is 4.74 Å². The van der Waals surface area contributed by atoms with Crippen LogP contribution in [0.15, 0.2) is 53.4 Å². The minimum absolute atomic E-state index is 0.312. The highest BCUT2D eigenvalue weighted by Gasteiger charge is 2.00. The van der Waals surface area contributed by atoms with Gasteiger partial charge in [0.1, 0.15) is 17.8 Å². The first-order valence-corrected chi connectivity index (χ1v) is 5.71. The van der Waals surface area contributed by atoms with Gasteiger partial charge in [0.05, 0.1) is 6.54 Å². The maximum absolute atomic E-state index is 10.2. The van der Waals surface area contributed by atoms with Gasteiger partial charge in [-0.3, -0.25) is 4.99 Å². The molecule has 0 spiro atoms. The van der Waals surface area contributed by atoms with Gasteiger partial charge in [0.15, 0.2) is 0 Å². The molecule has 0 atom stereocenters. The quantitative estimate of drug-likeness (QED) is 0.807. The zero-order valence-electron chi connectivity index (χ0n) is 9.87. The maximum atomic E-state index is 10.2. The van der Waals surface area contributed by atoms with E-state index >= 15 is 0 Å². The standard InChI is InChI=1S/C14H14N2O2/c17-11-10-16-12-3-5-14(6-4-12)18-13-2-1-8-15-9-7-13/h1,3-9,11,16H,2,10H2. The summed E-state index contributed by atoms with van der Waals surface area (Å²) in [6.45, 7) is 0.312. The van der Waals surface area contributed by atoms with E-state index in [1.165, 1.54) is 0 Å². The molecule has 1 aliphatic rings. The Labute approximate surface area is 106 Å². The molecule has 18 heavy (non-hydrogen) atoms. The second-order valence-corrected chi connectivity index (χ2v) is 3.69. The molecule has 1 N–H and O–H groups in total. The number of hydrogen-bond donors (Lipinski definition) is 1. The lowest BCUT2D eigenvalue weighted by molar-refractivity contribution is -0.106. The van der Waals surface area contributed by atoms with Crippen molar-refractivity contribution in [2.75, 3.05) is 11.9 Å². The van der Waals surface area contributed by atoms with E-state index in [1.807, 2.05) is 36.4 Å². The van der Waals surface area contributed by atoms with Crippen molar-refractivity contribution >= 4 is 18.2 Å². The Morgan fingerprint density at radius 1 is 1.33 bits per heavy atom. The first kappa shape index (κ1) is 12.1. The van der Waals surface area contributed by atoms with Crippen molar-refractivity contribution in [3.63, 3.8) is 0 Å². The lowest BCUT2D eigenvalue weighted by Gasteiger charge is -2.08. The molecule has 4 heteroatoms. The Morgan fingerprint density at radius 3 is 2.94 bits per heavy atom. The Hall–Kier alpha value is -2.36. The van der Waals surface area contributed by atoms with Gasteiger partial charge in [-0.25, -0.2) is 0 Å². The summed E-state index contributed by atoms with van der Waals surface area (Å²) in [4.78, 5) is 14.2. The van der Waals surface area contributed by atoms with Crippen LogP contribution < -0.4 is 10.1 Å². The molecule has 1 aliphatic heterocycles. The highest BCUT2D eigenvalue weighted by Crippen LogP contribution is 2.19. The molecule has 4 nitrogen and oxygen atoms in total. The number of carbonyl (C=O) groups excluding carboxylic acids is 1. The number of allylic oxidation sites excluding steroid dienone is 2. The summed E-state index contributed by atoms with van der Waals surface area (Å²) in [7, 11) is 0. The summed E-state index contributed by atoms with van der Waals surface area (Å²) in [5, 5.41) is 2.96. The zero-order chi connectivity index (χ0) is 12.6. The van der Waals surface area contributed by atoms with Crippen molar-refractivity contribution in [2.24, 2.45) is 4.99 Å². The molecule has 0 radical (unpaired) electrons. The Balaban J connectivity index is 1.97. The van der Waals surface area contributed by atoms with E-state index in [0.717, 1.165) is 29.9 Å². The number of nitrogens with zero attached hydrogens (tertiary/aromatic N) is 1. The number of aliphatic imine (C=N–C) groups is 1. The van der Waals surface area contributed by atoms with Gasteiger partial charge < -0.3 is 14.8 Å². The summed E-state index contributed by atoms with van der Waals surface area (Å²) < 4.78 is 5.72. The molecule has 2 rings (SSSR count). The first-order valence-electron chi connectivity index (χ1n) is 5.71. The van der Waals surface area contributed by atoms with Crippen LogP contribution in [0.25, 0.3) is 0 Å². The van der Waals surface area contributed by atoms with Crippen LogP contribution in [-0.4, -0.2) is 19.0 Å². The van der Waals surface area contributed by atoms with Crippen LogP contribution >= 0.6 is 0 Å². The second-order valence-electron chi connectivity index (χ2n) is 3.69. The number of benzene rings is 1. The largest absolute Gasteiger partial charge is 0.461 e. The van der Waals surface area contributed by atoms with Crippen LogP contribution in [0.4, 0.5) is 5.69 Å². The van der Waals surface area contributed by atoms with E-state index in [9.17, 15) is 4.79 Å². The van der Waals surface area contributed by atoms with Gasteiger partial charge in [-0.05, 0) is 30.3 Å². The molecule has 0 fully saturated rings. The predicted molar refractivity (Wildman–Crippen MR) is 72.0 cm³/mol. The number of nitrogens with one attached hydrogen (secondary N) is 1. The minimum Gasteiger partial charge on any atom is -0.461 e. The van der Waals surface area contributed by atoms with Crippen LogP contribution in [0.3, 0.4) is 0 Å². The van der Waals surface area contributed by atoms with Crippen molar-refractivity contribution in [2.45, 2.75) is 6.42 Å². The Kier molecular flexibility index (Phi) is 4.30. The molecule has 0 unspecified atom stereocenters. The third kappa shape index (κ3) is 3.59. The molecule has 0 saturated heterocycles. The lowest BCUT2D eigenvalue weighted by atomic mass is 10.3. The van der Waals surface area contributed by atoms with Crippen LogP contribution in [0, 0.1) is 0 Å². The van der Waals surface area contributed by atoms with Crippen molar-refractivity contribution in [3.05, 3.63) is 48.4 Å². The zero-order valence-corrected chi connectivity index (χ0v) is 9.87. The number of hydrogen-bond acceptors (Lipinski definition) is 4. The molecule has 1 aromatic rings. The summed E-state index contributed by atoms with van der Waals surface area (Å²) in [6.07, 6.45) is 8.80. The third-order valence-electron chi connectivity index (χ3n) is 2.35. The topological polar surface area (TPSA) is 50.7 Å². The number of rotatable bonds is 5. The average Bonchev–Trinajstić information content (AvgIpc) is 2.67. The second kappa shape index (κ2) is 6.39. The Bertz CT molecular complexity index is 487. The smallest absolute Gasteiger partial charge is 0.139 e. The monoisotopic (exact) mass is 242 g/mol. The molecular weight excluding hydrogens is 228 g/mol. The third-order valence-corrected chi connectivity index (χ3v) is 2.35. The summed E-state index contributed by atoms with van der Waals surface area (Å²) in [5.41, 5.74) is 0.894. The molecule has 0 amide bonds. The fourth-order valence-corrected chi connectivity index (χ4v) is 1.50. The average molecular weight is 242 g/mol. The number of ether oxygens (including phenoxy) is 1. The fraction of sp³-hybridized carbons (Fsp3) is 0.143. The SMILES string of the molecule is O=CCNc1ccc(OC2=CC=NC=CC2)cc1. The van der Waals surface area contributed by atoms with Gasteiger partial charge in [-0.1, -0.05) is 6.08 Å². The van der Waals surface area contributed by atoms with Crippen LogP contribution in [0.1, 0.15) is 6.42 Å². The molecule has 0 saturated carbocycles. The van der Waals surface area contributed by atoms with Crippen molar-refractivity contribution in [1.29, 1.82) is 0 Å². The molecule has 1 aromatic carbocycles. The van der Waals surface area contributed by atoms with Crippen molar-refractivity contribution in [3.8, 4) is 5.75 Å². The normalized spacial score (nSPS) is 13.7. The molecule has 0 aliphatic carbocycles. The van der Waals surface area contributed by atoms with Crippen LogP contribution in [0.5, 0.6) is 5.75 Å². The highest BCUT2D eigenvalue weighted by atomic mass is 16.5.